The average molecular weight is 824 g/mol. The molecule has 0 bridgehead atoms. The fourth-order valence-corrected chi connectivity index (χ4v) is 12.1. The average Bonchev–Trinajstić information content (AvgIpc) is 3.32. The number of aryl methyl sites for hydroxylation is 6. The molecule has 0 spiro atoms. The summed E-state index contributed by atoms with van der Waals surface area (Å²) in [5.74, 6) is 0. The quantitative estimate of drug-likeness (QED) is 0.152. The first-order valence-electron chi connectivity index (χ1n) is 21.5. The summed E-state index contributed by atoms with van der Waals surface area (Å²) in [6.45, 7) is 27.1. The maximum Gasteiger partial charge on any atom is 0.121 e. The number of hydrogen-bond donors (Lipinski definition) is 0. The Labute approximate surface area is 368 Å². The summed E-state index contributed by atoms with van der Waals surface area (Å²) < 4.78 is 0. The largest absolute Gasteiger partial charge is 0.121 e. The van der Waals surface area contributed by atoms with E-state index in [-0.39, 0.29) is 10.8 Å². The molecule has 0 aliphatic heterocycles. The number of benzene rings is 7. The van der Waals surface area contributed by atoms with E-state index in [1.54, 1.807) is 0 Å². The number of fused-ring (bicyclic) bond motifs is 10. The first-order chi connectivity index (χ1) is 28.2. The van der Waals surface area contributed by atoms with E-state index in [1.807, 2.05) is 0 Å². The molecule has 9 rings (SSSR count). The smallest absolute Gasteiger partial charge is 0.103 e. The van der Waals surface area contributed by atoms with Crippen molar-refractivity contribution in [2.75, 3.05) is 0 Å². The number of alkyl halides is 2. The van der Waals surface area contributed by atoms with Gasteiger partial charge in [0.2, 0.25) is 0 Å². The zero-order valence-corrected chi connectivity index (χ0v) is 38.8. The van der Waals surface area contributed by atoms with Crippen molar-refractivity contribution in [1.82, 2.24) is 0 Å². The van der Waals surface area contributed by atoms with Crippen molar-refractivity contribution < 1.29 is 0 Å². The van der Waals surface area contributed by atoms with Crippen LogP contribution in [0.2, 0.25) is 0 Å². The first-order valence-corrected chi connectivity index (χ1v) is 22.2. The Bertz CT molecular complexity index is 2690. The molecule has 2 aliphatic rings. The molecule has 2 aliphatic carbocycles. The fourth-order valence-electron chi connectivity index (χ4n) is 10.9. The first kappa shape index (κ1) is 40.5. The molecule has 2 heteroatoms. The number of halogens is 2. The van der Waals surface area contributed by atoms with Gasteiger partial charge in [0, 0.05) is 0 Å². The van der Waals surface area contributed by atoms with Crippen LogP contribution in [0.1, 0.15) is 119 Å². The Morgan fingerprint density at radius 3 is 0.950 bits per heavy atom. The Morgan fingerprint density at radius 1 is 0.333 bits per heavy atom. The van der Waals surface area contributed by atoms with Gasteiger partial charge < -0.3 is 0 Å². The van der Waals surface area contributed by atoms with Gasteiger partial charge in [-0.15, -0.1) is 23.2 Å². The van der Waals surface area contributed by atoms with E-state index in [1.165, 1.54) is 66.8 Å². The molecule has 0 saturated heterocycles. The summed E-state index contributed by atoms with van der Waals surface area (Å²) in [6, 6.07) is 45.9. The Hall–Kier alpha value is -4.88. The molecule has 0 radical (unpaired) electrons. The van der Waals surface area contributed by atoms with Crippen molar-refractivity contribution >= 4 is 23.2 Å². The van der Waals surface area contributed by atoms with Crippen molar-refractivity contribution in [3.8, 4) is 44.5 Å². The van der Waals surface area contributed by atoms with Crippen molar-refractivity contribution in [3.05, 3.63) is 199 Å². The normalized spacial score (nSPS) is 18.0. The molecule has 0 nitrogen and oxygen atoms in total. The lowest BCUT2D eigenvalue weighted by Gasteiger charge is -2.38. The molecule has 2 unspecified atom stereocenters. The molecule has 0 N–H and O–H groups in total. The lowest BCUT2D eigenvalue weighted by atomic mass is 9.71. The van der Waals surface area contributed by atoms with Gasteiger partial charge in [0.15, 0.2) is 0 Å². The summed E-state index contributed by atoms with van der Waals surface area (Å²) in [4.78, 5) is -2.17. The van der Waals surface area contributed by atoms with Crippen LogP contribution in [0.15, 0.2) is 121 Å². The van der Waals surface area contributed by atoms with Crippen molar-refractivity contribution in [2.45, 2.75) is 104 Å². The zero-order valence-electron chi connectivity index (χ0n) is 37.3. The van der Waals surface area contributed by atoms with Gasteiger partial charge in [-0.05, 0) is 176 Å². The second kappa shape index (κ2) is 13.8. The second-order valence-electron chi connectivity index (χ2n) is 19.9. The van der Waals surface area contributed by atoms with E-state index in [9.17, 15) is 0 Å². The summed E-state index contributed by atoms with van der Waals surface area (Å²) in [7, 11) is 0. The van der Waals surface area contributed by atoms with Crippen LogP contribution in [-0.2, 0) is 20.6 Å². The number of rotatable bonds is 2. The van der Waals surface area contributed by atoms with Crippen molar-refractivity contribution in [3.63, 3.8) is 0 Å². The highest BCUT2D eigenvalue weighted by Crippen LogP contribution is 2.61. The third-order valence-corrected chi connectivity index (χ3v) is 14.7. The minimum atomic E-state index is -1.08. The molecule has 0 amide bonds. The topological polar surface area (TPSA) is 0 Å². The van der Waals surface area contributed by atoms with E-state index in [4.69, 9.17) is 23.2 Å². The van der Waals surface area contributed by atoms with Crippen LogP contribution in [0.25, 0.3) is 44.5 Å². The Morgan fingerprint density at radius 2 is 0.633 bits per heavy atom. The van der Waals surface area contributed by atoms with Crippen LogP contribution in [0, 0.1) is 41.5 Å². The zero-order chi connectivity index (χ0) is 42.8. The molecule has 0 heterocycles. The molecule has 7 aromatic rings. The van der Waals surface area contributed by atoms with Gasteiger partial charge >= 0.3 is 0 Å². The summed E-state index contributed by atoms with van der Waals surface area (Å²) in [5, 5.41) is 0. The summed E-state index contributed by atoms with van der Waals surface area (Å²) in [5.41, 5.74) is 25.3. The molecular formula is C58H56Cl2. The molecule has 302 valence electrons. The fraction of sp³-hybridized carbons (Fsp3) is 0.276. The molecule has 0 fully saturated rings. The predicted octanol–water partition coefficient (Wildman–Crippen LogP) is 16.5. The lowest BCUT2D eigenvalue weighted by Crippen LogP contribution is -2.30. The molecule has 0 aromatic heterocycles. The number of hydrogen-bond acceptors (Lipinski definition) is 0. The molecule has 60 heavy (non-hydrogen) atoms. The maximum absolute atomic E-state index is 8.89. The standard InChI is InChI=1S/C58H56Cl2/c1-33-25-35(3)53(36(4)26-33)57(59)49-29-39(55(7,8)9)21-23-45(49)41-17-13-15-19-43(41)47-31-48-44-20-16-14-18-42(44)46-24-22-40(56(10,11)12)30-50(46)58(60,52(48)32-51(47)57)54-37(5)27-34(2)28-38(54)6/h13-32H,1-12H3. The SMILES string of the molecule is Cc1cc(C)c(C2(Cl)c3cc(C(C)(C)C)ccc3-c3ccccc3-c3cc4c(cc32)C(Cl)(c2c(C)cc(C)cc2C)c2cc(C(C)(C)C)ccc2-c2ccccc2-4)c(C)c1. The van der Waals surface area contributed by atoms with E-state index >= 15 is 0 Å². The third kappa shape index (κ3) is 6.00. The van der Waals surface area contributed by atoms with Gasteiger partial charge in [-0.1, -0.05) is 162 Å². The van der Waals surface area contributed by atoms with Crippen LogP contribution in [-0.4, -0.2) is 0 Å². The minimum Gasteiger partial charge on any atom is -0.103 e. The molecule has 0 saturated carbocycles. The van der Waals surface area contributed by atoms with Crippen LogP contribution < -0.4 is 0 Å². The highest BCUT2D eigenvalue weighted by molar-refractivity contribution is 6.32. The lowest BCUT2D eigenvalue weighted by molar-refractivity contribution is 0.588. The second-order valence-corrected chi connectivity index (χ2v) is 21.1. The van der Waals surface area contributed by atoms with Gasteiger partial charge in [0.05, 0.1) is 0 Å². The van der Waals surface area contributed by atoms with E-state index in [2.05, 4.69) is 204 Å². The molecule has 2 atom stereocenters. The van der Waals surface area contributed by atoms with Gasteiger partial charge in [-0.2, -0.15) is 0 Å². The van der Waals surface area contributed by atoms with Crippen LogP contribution in [0.4, 0.5) is 0 Å². The van der Waals surface area contributed by atoms with E-state index in [0.717, 1.165) is 55.6 Å². The maximum atomic E-state index is 8.89. The third-order valence-electron chi connectivity index (χ3n) is 13.5. The monoisotopic (exact) mass is 822 g/mol. The van der Waals surface area contributed by atoms with Crippen LogP contribution in [0.3, 0.4) is 0 Å². The molecule has 7 aromatic carbocycles. The van der Waals surface area contributed by atoms with Crippen LogP contribution in [0.5, 0.6) is 0 Å². The van der Waals surface area contributed by atoms with Crippen molar-refractivity contribution in [1.29, 1.82) is 0 Å². The summed E-state index contributed by atoms with van der Waals surface area (Å²) in [6.07, 6.45) is 0. The predicted molar refractivity (Wildman–Crippen MR) is 258 cm³/mol. The molecular weight excluding hydrogens is 768 g/mol. The van der Waals surface area contributed by atoms with E-state index < -0.39 is 9.75 Å². The highest BCUT2D eigenvalue weighted by atomic mass is 35.5. The van der Waals surface area contributed by atoms with Gasteiger partial charge in [-0.3, -0.25) is 0 Å². The van der Waals surface area contributed by atoms with Gasteiger partial charge in [0.1, 0.15) is 9.75 Å². The Balaban J connectivity index is 1.55. The van der Waals surface area contributed by atoms with Crippen molar-refractivity contribution in [2.24, 2.45) is 0 Å². The minimum absolute atomic E-state index is 0.101. The van der Waals surface area contributed by atoms with Crippen LogP contribution >= 0.6 is 23.2 Å². The Kier molecular flexibility index (Phi) is 9.33. The summed E-state index contributed by atoms with van der Waals surface area (Å²) >= 11 is 17.8. The van der Waals surface area contributed by atoms with Gasteiger partial charge in [-0.25, -0.2) is 0 Å². The van der Waals surface area contributed by atoms with E-state index in [0.29, 0.717) is 0 Å². The van der Waals surface area contributed by atoms with Gasteiger partial charge in [0.25, 0.3) is 0 Å². The highest BCUT2D eigenvalue weighted by Gasteiger charge is 2.48.